The normalized spacial score (nSPS) is 11.4. The van der Waals surface area contributed by atoms with Crippen molar-refractivity contribution in [1.29, 1.82) is 0 Å². The molecule has 4 nitrogen and oxygen atoms in total. The average molecular weight is 360 g/mol. The van der Waals surface area contributed by atoms with Gasteiger partial charge in [0.2, 0.25) is 5.78 Å². The van der Waals surface area contributed by atoms with Crippen LogP contribution in [0, 0.1) is 13.8 Å². The second-order valence-corrected chi connectivity index (χ2v) is 6.38. The Kier molecular flexibility index (Phi) is 3.91. The first-order valence-electron chi connectivity index (χ1n) is 7.24. The Hall–Kier alpha value is -1.88. The zero-order valence-corrected chi connectivity index (χ0v) is 14.7. The Morgan fingerprint density at radius 1 is 1.09 bits per heavy atom. The van der Waals surface area contributed by atoms with Gasteiger partial charge in [0.25, 0.3) is 0 Å². The van der Waals surface area contributed by atoms with Crippen LogP contribution in [-0.2, 0) is 0 Å². The van der Waals surface area contributed by atoms with E-state index in [1.54, 1.807) is 0 Å². The van der Waals surface area contributed by atoms with Crippen molar-refractivity contribution in [2.75, 3.05) is 0 Å². The molecule has 0 radical (unpaired) electrons. The lowest BCUT2D eigenvalue weighted by molar-refractivity contribution is 0.242. The van der Waals surface area contributed by atoms with Crippen molar-refractivity contribution < 1.29 is 4.74 Å². The number of benzene rings is 1. The van der Waals surface area contributed by atoms with Gasteiger partial charge in [0, 0.05) is 17.5 Å². The quantitative estimate of drug-likeness (QED) is 0.687. The SMILES string of the molecule is Cc1nc2nc(-c3ccc(OC(C)C)cc3)cn2c(C)c1Br. The largest absolute Gasteiger partial charge is 0.491 e. The van der Waals surface area contributed by atoms with Crippen molar-refractivity contribution in [1.82, 2.24) is 14.4 Å². The van der Waals surface area contributed by atoms with E-state index in [-0.39, 0.29) is 6.10 Å². The van der Waals surface area contributed by atoms with Gasteiger partial charge in [-0.25, -0.2) is 9.97 Å². The van der Waals surface area contributed by atoms with Crippen LogP contribution in [0.1, 0.15) is 25.2 Å². The Morgan fingerprint density at radius 3 is 2.41 bits per heavy atom. The van der Waals surface area contributed by atoms with Crippen LogP contribution in [0.3, 0.4) is 0 Å². The zero-order valence-electron chi connectivity index (χ0n) is 13.1. The summed E-state index contributed by atoms with van der Waals surface area (Å²) in [5, 5.41) is 0. The van der Waals surface area contributed by atoms with E-state index in [2.05, 4.69) is 32.8 Å². The van der Waals surface area contributed by atoms with E-state index >= 15 is 0 Å². The highest BCUT2D eigenvalue weighted by atomic mass is 79.9. The van der Waals surface area contributed by atoms with Crippen LogP contribution in [0.5, 0.6) is 5.75 Å². The predicted molar refractivity (Wildman–Crippen MR) is 91.4 cm³/mol. The topological polar surface area (TPSA) is 39.4 Å². The number of aromatic nitrogens is 3. The maximum absolute atomic E-state index is 5.67. The summed E-state index contributed by atoms with van der Waals surface area (Å²) in [6.45, 7) is 8.07. The number of ether oxygens (including phenoxy) is 1. The number of aryl methyl sites for hydroxylation is 2. The number of nitrogens with zero attached hydrogens (tertiary/aromatic N) is 3. The van der Waals surface area contributed by atoms with Gasteiger partial charge in [-0.1, -0.05) is 0 Å². The fourth-order valence-electron chi connectivity index (χ4n) is 2.38. The summed E-state index contributed by atoms with van der Waals surface area (Å²) in [6.07, 6.45) is 2.19. The molecule has 0 aliphatic heterocycles. The van der Waals surface area contributed by atoms with Gasteiger partial charge in [-0.3, -0.25) is 4.40 Å². The molecule has 0 aliphatic carbocycles. The van der Waals surface area contributed by atoms with Crippen LogP contribution >= 0.6 is 15.9 Å². The summed E-state index contributed by atoms with van der Waals surface area (Å²) >= 11 is 3.57. The molecule has 0 saturated heterocycles. The minimum absolute atomic E-state index is 0.174. The first-order valence-corrected chi connectivity index (χ1v) is 8.04. The van der Waals surface area contributed by atoms with Crippen molar-refractivity contribution in [2.45, 2.75) is 33.8 Å². The maximum atomic E-state index is 5.67. The Morgan fingerprint density at radius 2 is 1.77 bits per heavy atom. The van der Waals surface area contributed by atoms with E-state index in [1.165, 1.54) is 0 Å². The van der Waals surface area contributed by atoms with Crippen molar-refractivity contribution in [3.05, 3.63) is 46.3 Å². The predicted octanol–water partition coefficient (Wildman–Crippen LogP) is 4.56. The zero-order chi connectivity index (χ0) is 15.9. The van der Waals surface area contributed by atoms with Gasteiger partial charge in [0.05, 0.1) is 22.0 Å². The van der Waals surface area contributed by atoms with E-state index in [1.807, 2.05) is 55.6 Å². The van der Waals surface area contributed by atoms with E-state index in [0.717, 1.165) is 38.6 Å². The second kappa shape index (κ2) is 5.72. The lowest BCUT2D eigenvalue weighted by Gasteiger charge is -2.09. The van der Waals surface area contributed by atoms with Crippen molar-refractivity contribution in [3.8, 4) is 17.0 Å². The summed E-state index contributed by atoms with van der Waals surface area (Å²) in [5.74, 6) is 1.59. The summed E-state index contributed by atoms with van der Waals surface area (Å²) in [6, 6.07) is 8.00. The molecule has 0 N–H and O–H groups in total. The second-order valence-electron chi connectivity index (χ2n) is 5.58. The molecular weight excluding hydrogens is 342 g/mol. The minimum Gasteiger partial charge on any atom is -0.491 e. The third-order valence-corrected chi connectivity index (χ3v) is 4.62. The third kappa shape index (κ3) is 2.73. The molecule has 3 aromatic rings. The van der Waals surface area contributed by atoms with E-state index in [4.69, 9.17) is 4.74 Å². The minimum atomic E-state index is 0.174. The van der Waals surface area contributed by atoms with Crippen molar-refractivity contribution in [2.24, 2.45) is 0 Å². The van der Waals surface area contributed by atoms with Gasteiger partial charge in [-0.15, -0.1) is 0 Å². The Balaban J connectivity index is 2.01. The van der Waals surface area contributed by atoms with Crippen LogP contribution < -0.4 is 4.74 Å². The Labute approximate surface area is 138 Å². The first-order chi connectivity index (χ1) is 10.5. The Bertz CT molecular complexity index is 822. The molecule has 114 valence electrons. The highest BCUT2D eigenvalue weighted by molar-refractivity contribution is 9.10. The number of halogens is 1. The fourth-order valence-corrected chi connectivity index (χ4v) is 2.66. The standard InChI is InChI=1S/C17H18BrN3O/c1-10(2)22-14-7-5-13(6-8-14)15-9-21-12(4)16(18)11(3)19-17(21)20-15/h5-10H,1-4H3. The van der Waals surface area contributed by atoms with Crippen molar-refractivity contribution >= 4 is 21.7 Å². The molecule has 0 atom stereocenters. The summed E-state index contributed by atoms with van der Waals surface area (Å²) in [5.41, 5.74) is 4.00. The first kappa shape index (κ1) is 15.0. The van der Waals surface area contributed by atoms with Gasteiger partial charge in [-0.2, -0.15) is 0 Å². The van der Waals surface area contributed by atoms with Gasteiger partial charge in [-0.05, 0) is 67.9 Å². The maximum Gasteiger partial charge on any atom is 0.234 e. The lowest BCUT2D eigenvalue weighted by Crippen LogP contribution is -2.05. The number of rotatable bonds is 3. The molecule has 0 aliphatic rings. The van der Waals surface area contributed by atoms with Gasteiger partial charge in [0.1, 0.15) is 5.75 Å². The van der Waals surface area contributed by atoms with Gasteiger partial charge >= 0.3 is 0 Å². The molecular formula is C17H18BrN3O. The number of fused-ring (bicyclic) bond motifs is 1. The summed E-state index contributed by atoms with van der Waals surface area (Å²) < 4.78 is 8.69. The monoisotopic (exact) mass is 359 g/mol. The number of imidazole rings is 1. The van der Waals surface area contributed by atoms with Crippen LogP contribution in [0.15, 0.2) is 34.9 Å². The molecule has 22 heavy (non-hydrogen) atoms. The summed E-state index contributed by atoms with van der Waals surface area (Å²) in [7, 11) is 0. The molecule has 0 bridgehead atoms. The third-order valence-electron chi connectivity index (χ3n) is 3.47. The highest BCUT2D eigenvalue weighted by Gasteiger charge is 2.11. The summed E-state index contributed by atoms with van der Waals surface area (Å²) in [4.78, 5) is 9.15. The molecule has 0 spiro atoms. The molecule has 3 rings (SSSR count). The van der Waals surface area contributed by atoms with Gasteiger partial charge in [0.15, 0.2) is 0 Å². The highest BCUT2D eigenvalue weighted by Crippen LogP contribution is 2.25. The van der Waals surface area contributed by atoms with Gasteiger partial charge < -0.3 is 4.74 Å². The molecule has 2 heterocycles. The van der Waals surface area contributed by atoms with E-state index in [9.17, 15) is 0 Å². The molecule has 0 fully saturated rings. The molecule has 0 unspecified atom stereocenters. The lowest BCUT2D eigenvalue weighted by atomic mass is 10.1. The van der Waals surface area contributed by atoms with Crippen LogP contribution in [0.2, 0.25) is 0 Å². The average Bonchev–Trinajstić information content (AvgIpc) is 2.89. The van der Waals surface area contributed by atoms with E-state index in [0.29, 0.717) is 0 Å². The molecule has 0 saturated carbocycles. The van der Waals surface area contributed by atoms with Crippen molar-refractivity contribution in [3.63, 3.8) is 0 Å². The fraction of sp³-hybridized carbons (Fsp3) is 0.294. The van der Waals surface area contributed by atoms with Crippen LogP contribution in [-0.4, -0.2) is 20.5 Å². The number of hydrogen-bond donors (Lipinski definition) is 0. The smallest absolute Gasteiger partial charge is 0.234 e. The molecule has 0 amide bonds. The van der Waals surface area contributed by atoms with E-state index < -0.39 is 0 Å². The molecule has 2 aromatic heterocycles. The molecule has 1 aromatic carbocycles. The molecule has 5 heteroatoms. The number of hydrogen-bond acceptors (Lipinski definition) is 3. The van der Waals surface area contributed by atoms with Crippen LogP contribution in [0.4, 0.5) is 0 Å². The van der Waals surface area contributed by atoms with Crippen LogP contribution in [0.25, 0.3) is 17.0 Å².